The number of rotatable bonds is 4. The lowest BCUT2D eigenvalue weighted by atomic mass is 10.1. The van der Waals surface area contributed by atoms with Crippen molar-refractivity contribution < 1.29 is 14.3 Å². The molecule has 0 radical (unpaired) electrons. The van der Waals surface area contributed by atoms with E-state index in [2.05, 4.69) is 10.3 Å². The Morgan fingerprint density at radius 2 is 2.19 bits per heavy atom. The number of hydrogen-bond donors (Lipinski definition) is 1. The minimum absolute atomic E-state index is 0.224. The largest absolute Gasteiger partial charge is 0.496 e. The number of thiazole rings is 1. The molecule has 1 aliphatic heterocycles. The van der Waals surface area contributed by atoms with Gasteiger partial charge in [0.1, 0.15) is 11.5 Å². The number of anilines is 1. The summed E-state index contributed by atoms with van der Waals surface area (Å²) in [5, 5.41) is 5.87. The van der Waals surface area contributed by atoms with Crippen LogP contribution >= 0.6 is 22.9 Å². The van der Waals surface area contributed by atoms with Crippen LogP contribution in [0.3, 0.4) is 0 Å². The third-order valence-corrected chi connectivity index (χ3v) is 5.10. The number of carbonyl (C=O) groups is 1. The quantitative estimate of drug-likeness (QED) is 0.721. The molecular formula is C19H15ClN2O3S. The molecule has 2 aromatic carbocycles. The van der Waals surface area contributed by atoms with Crippen LogP contribution in [0.2, 0.25) is 5.02 Å². The summed E-state index contributed by atoms with van der Waals surface area (Å²) in [6, 6.07) is 13.0. The SMILES string of the molecule is COc1ccccc1-c1csc(NC(=O)C2Cc3cc(Cl)ccc3O2)n1. The van der Waals surface area contributed by atoms with E-state index < -0.39 is 6.10 Å². The lowest BCUT2D eigenvalue weighted by molar-refractivity contribution is -0.122. The summed E-state index contributed by atoms with van der Waals surface area (Å²) < 4.78 is 11.1. The maximum absolute atomic E-state index is 12.5. The Morgan fingerprint density at radius 3 is 3.04 bits per heavy atom. The summed E-state index contributed by atoms with van der Waals surface area (Å²) in [5.74, 6) is 1.21. The number of ether oxygens (including phenoxy) is 2. The van der Waals surface area contributed by atoms with E-state index in [9.17, 15) is 4.79 Å². The highest BCUT2D eigenvalue weighted by Gasteiger charge is 2.29. The molecule has 0 saturated heterocycles. The van der Waals surface area contributed by atoms with Gasteiger partial charge < -0.3 is 9.47 Å². The molecular weight excluding hydrogens is 372 g/mol. The number of para-hydroxylation sites is 1. The van der Waals surface area contributed by atoms with Crippen LogP contribution in [0.1, 0.15) is 5.56 Å². The monoisotopic (exact) mass is 386 g/mol. The lowest BCUT2D eigenvalue weighted by Gasteiger charge is -2.09. The predicted octanol–water partition coefficient (Wildman–Crippen LogP) is 4.41. The number of hydrogen-bond acceptors (Lipinski definition) is 5. The Kier molecular flexibility index (Phi) is 4.53. The fourth-order valence-corrected chi connectivity index (χ4v) is 3.77. The van der Waals surface area contributed by atoms with Crippen molar-refractivity contribution in [2.24, 2.45) is 0 Å². The lowest BCUT2D eigenvalue weighted by Crippen LogP contribution is -2.31. The van der Waals surface area contributed by atoms with E-state index in [1.807, 2.05) is 35.7 Å². The van der Waals surface area contributed by atoms with Gasteiger partial charge in [0.2, 0.25) is 0 Å². The number of nitrogens with one attached hydrogen (secondary N) is 1. The van der Waals surface area contributed by atoms with Gasteiger partial charge in [-0.25, -0.2) is 4.98 Å². The fourth-order valence-electron chi connectivity index (χ4n) is 2.86. The molecule has 1 atom stereocenters. The van der Waals surface area contributed by atoms with E-state index in [0.717, 1.165) is 22.6 Å². The number of carbonyl (C=O) groups excluding carboxylic acids is 1. The number of amides is 1. The van der Waals surface area contributed by atoms with Gasteiger partial charge in [0.05, 0.1) is 12.8 Å². The summed E-state index contributed by atoms with van der Waals surface area (Å²) in [7, 11) is 1.62. The van der Waals surface area contributed by atoms with Gasteiger partial charge in [0.15, 0.2) is 11.2 Å². The number of fused-ring (bicyclic) bond motifs is 1. The third-order valence-electron chi connectivity index (χ3n) is 4.11. The first-order valence-electron chi connectivity index (χ1n) is 7.99. The molecule has 0 saturated carbocycles. The molecule has 2 heterocycles. The van der Waals surface area contributed by atoms with Crippen molar-refractivity contribution in [3.63, 3.8) is 0 Å². The molecule has 0 spiro atoms. The van der Waals surface area contributed by atoms with Gasteiger partial charge in [0.25, 0.3) is 5.91 Å². The highest BCUT2D eigenvalue weighted by atomic mass is 35.5. The predicted molar refractivity (Wildman–Crippen MR) is 102 cm³/mol. The molecule has 26 heavy (non-hydrogen) atoms. The van der Waals surface area contributed by atoms with Crippen LogP contribution in [0.5, 0.6) is 11.5 Å². The Balaban J connectivity index is 1.47. The number of methoxy groups -OCH3 is 1. The molecule has 5 nitrogen and oxygen atoms in total. The second kappa shape index (κ2) is 6.97. The molecule has 0 bridgehead atoms. The molecule has 7 heteroatoms. The zero-order chi connectivity index (χ0) is 18.1. The molecule has 1 amide bonds. The van der Waals surface area contributed by atoms with Crippen molar-refractivity contribution in [1.29, 1.82) is 0 Å². The van der Waals surface area contributed by atoms with Crippen LogP contribution < -0.4 is 14.8 Å². The minimum Gasteiger partial charge on any atom is -0.496 e. The molecule has 1 N–H and O–H groups in total. The van der Waals surface area contributed by atoms with E-state index >= 15 is 0 Å². The zero-order valence-corrected chi connectivity index (χ0v) is 15.4. The van der Waals surface area contributed by atoms with Crippen molar-refractivity contribution in [3.8, 4) is 22.8 Å². The highest BCUT2D eigenvalue weighted by molar-refractivity contribution is 7.14. The van der Waals surface area contributed by atoms with Crippen LogP contribution in [0.25, 0.3) is 11.3 Å². The number of halogens is 1. The Hall–Kier alpha value is -2.57. The Labute approximate surface area is 159 Å². The fraction of sp³-hybridized carbons (Fsp3) is 0.158. The van der Waals surface area contributed by atoms with Crippen molar-refractivity contribution >= 4 is 34.0 Å². The summed E-state index contributed by atoms with van der Waals surface area (Å²) in [6.45, 7) is 0. The summed E-state index contributed by atoms with van der Waals surface area (Å²) in [4.78, 5) is 17.0. The summed E-state index contributed by atoms with van der Waals surface area (Å²) in [6.07, 6.45) is -0.0889. The van der Waals surface area contributed by atoms with Crippen LogP contribution in [-0.2, 0) is 11.2 Å². The van der Waals surface area contributed by atoms with Crippen molar-refractivity contribution in [2.45, 2.75) is 12.5 Å². The molecule has 4 rings (SSSR count). The molecule has 0 fully saturated rings. The summed E-state index contributed by atoms with van der Waals surface area (Å²) in [5.41, 5.74) is 2.57. The van der Waals surface area contributed by atoms with Gasteiger partial charge in [-0.05, 0) is 35.9 Å². The van der Waals surface area contributed by atoms with Crippen LogP contribution in [0, 0.1) is 0 Å². The first-order chi connectivity index (χ1) is 12.6. The maximum Gasteiger partial charge on any atom is 0.267 e. The van der Waals surface area contributed by atoms with Gasteiger partial charge in [-0.2, -0.15) is 0 Å². The summed E-state index contributed by atoms with van der Waals surface area (Å²) >= 11 is 7.35. The van der Waals surface area contributed by atoms with Gasteiger partial charge in [-0.15, -0.1) is 11.3 Å². The van der Waals surface area contributed by atoms with E-state index in [4.69, 9.17) is 21.1 Å². The van der Waals surface area contributed by atoms with E-state index in [-0.39, 0.29) is 5.91 Å². The van der Waals surface area contributed by atoms with Crippen LogP contribution in [-0.4, -0.2) is 24.1 Å². The van der Waals surface area contributed by atoms with E-state index in [1.165, 1.54) is 11.3 Å². The van der Waals surface area contributed by atoms with Crippen LogP contribution in [0.15, 0.2) is 47.8 Å². The Bertz CT molecular complexity index is 973. The van der Waals surface area contributed by atoms with Gasteiger partial charge in [-0.1, -0.05) is 23.7 Å². The van der Waals surface area contributed by atoms with Gasteiger partial charge >= 0.3 is 0 Å². The van der Waals surface area contributed by atoms with Gasteiger partial charge in [-0.3, -0.25) is 10.1 Å². The molecule has 3 aromatic rings. The van der Waals surface area contributed by atoms with E-state index in [1.54, 1.807) is 19.2 Å². The first kappa shape index (κ1) is 16.9. The molecule has 1 aromatic heterocycles. The number of benzene rings is 2. The number of nitrogens with zero attached hydrogens (tertiary/aromatic N) is 1. The molecule has 1 aliphatic rings. The van der Waals surface area contributed by atoms with Crippen LogP contribution in [0.4, 0.5) is 5.13 Å². The maximum atomic E-state index is 12.5. The standard InChI is InChI=1S/C19H15ClN2O3S/c1-24-16-5-3-2-4-13(16)14-10-26-19(21-14)22-18(23)17-9-11-8-12(20)6-7-15(11)25-17/h2-8,10,17H,9H2,1H3,(H,21,22,23). The van der Waals surface area contributed by atoms with Crippen molar-refractivity contribution in [2.75, 3.05) is 12.4 Å². The third kappa shape index (κ3) is 3.25. The van der Waals surface area contributed by atoms with E-state index in [0.29, 0.717) is 22.3 Å². The topological polar surface area (TPSA) is 60.5 Å². The smallest absolute Gasteiger partial charge is 0.267 e. The number of aromatic nitrogens is 1. The Morgan fingerprint density at radius 1 is 1.35 bits per heavy atom. The second-order valence-electron chi connectivity index (χ2n) is 5.79. The average Bonchev–Trinajstić information content (AvgIpc) is 3.28. The zero-order valence-electron chi connectivity index (χ0n) is 13.9. The first-order valence-corrected chi connectivity index (χ1v) is 9.24. The average molecular weight is 387 g/mol. The minimum atomic E-state index is -0.581. The van der Waals surface area contributed by atoms with Crippen molar-refractivity contribution in [1.82, 2.24) is 4.98 Å². The molecule has 1 unspecified atom stereocenters. The normalized spacial score (nSPS) is 15.2. The van der Waals surface area contributed by atoms with Gasteiger partial charge in [0, 0.05) is 22.4 Å². The molecule has 132 valence electrons. The second-order valence-corrected chi connectivity index (χ2v) is 7.08. The van der Waals surface area contributed by atoms with Crippen molar-refractivity contribution in [3.05, 3.63) is 58.4 Å². The highest BCUT2D eigenvalue weighted by Crippen LogP contribution is 2.33. The molecule has 0 aliphatic carbocycles.